The molecule has 0 unspecified atom stereocenters. The average Bonchev–Trinajstić information content (AvgIpc) is 1.99. The number of aryl methyl sites for hydroxylation is 1. The molecule has 1 rings (SSSR count). The van der Waals surface area contributed by atoms with Crippen LogP contribution in [-0.4, -0.2) is 0 Å². The van der Waals surface area contributed by atoms with Crippen molar-refractivity contribution in [2.75, 3.05) is 0 Å². The van der Waals surface area contributed by atoms with Crippen molar-refractivity contribution < 1.29 is 4.39 Å². The van der Waals surface area contributed by atoms with Crippen LogP contribution in [0.5, 0.6) is 0 Å². The minimum Gasteiger partial charge on any atom is -0.207 e. The molecule has 0 aliphatic rings. The molecule has 2 heteroatoms. The first kappa shape index (κ1) is 8.54. The molecule has 1 aromatic rings. The fraction of sp³-hybridized carbons (Fsp3) is 0.333. The number of hydrogen-bond acceptors (Lipinski definition) is 0. The van der Waals surface area contributed by atoms with Crippen molar-refractivity contribution in [1.82, 2.24) is 0 Å². The summed E-state index contributed by atoms with van der Waals surface area (Å²) < 4.78 is 12.9. The summed E-state index contributed by atoms with van der Waals surface area (Å²) in [7, 11) is 0. The van der Waals surface area contributed by atoms with E-state index >= 15 is 0 Å². The van der Waals surface area contributed by atoms with E-state index in [1.807, 2.05) is 13.8 Å². The third-order valence-electron chi connectivity index (χ3n) is 1.73. The zero-order valence-electron chi connectivity index (χ0n) is 6.62. The SMILES string of the molecule is CCc1c(F)ccc(C)c1Cl. The smallest absolute Gasteiger partial charge is 0.127 e. The van der Waals surface area contributed by atoms with Crippen molar-refractivity contribution in [3.05, 3.63) is 34.1 Å². The molecule has 0 fully saturated rings. The Kier molecular flexibility index (Phi) is 2.50. The first-order valence-corrected chi connectivity index (χ1v) is 3.98. The van der Waals surface area contributed by atoms with Gasteiger partial charge in [-0.1, -0.05) is 24.6 Å². The number of rotatable bonds is 1. The van der Waals surface area contributed by atoms with Crippen LogP contribution in [0.1, 0.15) is 18.1 Å². The van der Waals surface area contributed by atoms with Crippen LogP contribution in [0.25, 0.3) is 0 Å². The molecule has 0 saturated carbocycles. The number of benzene rings is 1. The van der Waals surface area contributed by atoms with Crippen LogP contribution in [0.15, 0.2) is 12.1 Å². The van der Waals surface area contributed by atoms with E-state index in [0.717, 1.165) is 5.56 Å². The Morgan fingerprint density at radius 2 is 2.09 bits per heavy atom. The second-order valence-corrected chi connectivity index (χ2v) is 2.89. The molecule has 0 saturated heterocycles. The van der Waals surface area contributed by atoms with Gasteiger partial charge in [0.15, 0.2) is 0 Å². The summed E-state index contributed by atoms with van der Waals surface area (Å²) >= 11 is 5.86. The largest absolute Gasteiger partial charge is 0.207 e. The van der Waals surface area contributed by atoms with Crippen LogP contribution in [0.3, 0.4) is 0 Å². The maximum atomic E-state index is 12.9. The van der Waals surface area contributed by atoms with Crippen LogP contribution in [0.4, 0.5) is 4.39 Å². The van der Waals surface area contributed by atoms with E-state index in [9.17, 15) is 4.39 Å². The summed E-state index contributed by atoms with van der Waals surface area (Å²) in [6.45, 7) is 3.77. The van der Waals surface area contributed by atoms with E-state index in [0.29, 0.717) is 17.0 Å². The van der Waals surface area contributed by atoms with Crippen molar-refractivity contribution in [2.24, 2.45) is 0 Å². The molecule has 0 N–H and O–H groups in total. The highest BCUT2D eigenvalue weighted by atomic mass is 35.5. The maximum absolute atomic E-state index is 12.9. The van der Waals surface area contributed by atoms with Crippen molar-refractivity contribution in [1.29, 1.82) is 0 Å². The van der Waals surface area contributed by atoms with Gasteiger partial charge in [-0.3, -0.25) is 0 Å². The zero-order chi connectivity index (χ0) is 8.43. The summed E-state index contributed by atoms with van der Waals surface area (Å²) in [5.74, 6) is -0.205. The molecular weight excluding hydrogens is 163 g/mol. The molecule has 0 aliphatic heterocycles. The molecule has 0 bridgehead atoms. The second-order valence-electron chi connectivity index (χ2n) is 2.51. The molecule has 0 nitrogen and oxygen atoms in total. The maximum Gasteiger partial charge on any atom is 0.127 e. The Balaban J connectivity index is 3.29. The predicted octanol–water partition coefficient (Wildman–Crippen LogP) is 3.35. The van der Waals surface area contributed by atoms with E-state index in [4.69, 9.17) is 11.6 Å². The number of hydrogen-bond donors (Lipinski definition) is 0. The van der Waals surface area contributed by atoms with Gasteiger partial charge in [-0.05, 0) is 25.0 Å². The Bertz CT molecular complexity index is 269. The molecule has 0 aromatic heterocycles. The summed E-state index contributed by atoms with van der Waals surface area (Å²) in [6.07, 6.45) is 0.645. The summed E-state index contributed by atoms with van der Waals surface area (Å²) in [5.41, 5.74) is 1.55. The van der Waals surface area contributed by atoms with Crippen molar-refractivity contribution in [3.63, 3.8) is 0 Å². The fourth-order valence-electron chi connectivity index (χ4n) is 1.04. The van der Waals surface area contributed by atoms with E-state index < -0.39 is 0 Å². The van der Waals surface area contributed by atoms with Crippen LogP contribution in [-0.2, 0) is 6.42 Å². The molecule has 60 valence electrons. The molecule has 1 aromatic carbocycles. The highest BCUT2D eigenvalue weighted by molar-refractivity contribution is 6.32. The van der Waals surface area contributed by atoms with Gasteiger partial charge in [0.1, 0.15) is 5.82 Å². The van der Waals surface area contributed by atoms with E-state index in [2.05, 4.69) is 0 Å². The molecule has 0 heterocycles. The zero-order valence-corrected chi connectivity index (χ0v) is 7.37. The topological polar surface area (TPSA) is 0 Å². The van der Waals surface area contributed by atoms with Gasteiger partial charge in [0.05, 0.1) is 0 Å². The molecule has 0 radical (unpaired) electrons. The lowest BCUT2D eigenvalue weighted by atomic mass is 10.1. The lowest BCUT2D eigenvalue weighted by molar-refractivity contribution is 0.612. The molecular formula is C9H10ClF. The van der Waals surface area contributed by atoms with E-state index in [-0.39, 0.29) is 5.82 Å². The average molecular weight is 173 g/mol. The fourth-order valence-corrected chi connectivity index (χ4v) is 1.33. The van der Waals surface area contributed by atoms with Gasteiger partial charge in [-0.15, -0.1) is 0 Å². The standard InChI is InChI=1S/C9H10ClF/c1-3-7-8(11)5-4-6(2)9(7)10/h4-5H,3H2,1-2H3. The van der Waals surface area contributed by atoms with E-state index in [1.54, 1.807) is 6.07 Å². The first-order valence-electron chi connectivity index (χ1n) is 3.60. The van der Waals surface area contributed by atoms with Crippen molar-refractivity contribution >= 4 is 11.6 Å². The molecule has 0 spiro atoms. The van der Waals surface area contributed by atoms with E-state index in [1.165, 1.54) is 6.07 Å². The van der Waals surface area contributed by atoms with Gasteiger partial charge >= 0.3 is 0 Å². The van der Waals surface area contributed by atoms with Gasteiger partial charge in [0.2, 0.25) is 0 Å². The van der Waals surface area contributed by atoms with Gasteiger partial charge in [0.25, 0.3) is 0 Å². The lowest BCUT2D eigenvalue weighted by Gasteiger charge is -2.04. The minimum absolute atomic E-state index is 0.205. The molecule has 0 atom stereocenters. The van der Waals surface area contributed by atoms with Crippen molar-refractivity contribution in [3.8, 4) is 0 Å². The van der Waals surface area contributed by atoms with Gasteiger partial charge < -0.3 is 0 Å². The Morgan fingerprint density at radius 3 is 2.55 bits per heavy atom. The normalized spacial score (nSPS) is 10.2. The van der Waals surface area contributed by atoms with Crippen LogP contribution >= 0.6 is 11.6 Å². The Hall–Kier alpha value is -0.560. The van der Waals surface area contributed by atoms with Crippen molar-refractivity contribution in [2.45, 2.75) is 20.3 Å². The molecule has 0 aliphatic carbocycles. The van der Waals surface area contributed by atoms with Gasteiger partial charge in [-0.25, -0.2) is 4.39 Å². The van der Waals surface area contributed by atoms with Crippen LogP contribution < -0.4 is 0 Å². The monoisotopic (exact) mass is 172 g/mol. The third kappa shape index (κ3) is 1.54. The van der Waals surface area contributed by atoms with Gasteiger partial charge in [-0.2, -0.15) is 0 Å². The Morgan fingerprint density at radius 1 is 1.45 bits per heavy atom. The highest BCUT2D eigenvalue weighted by Gasteiger charge is 2.06. The predicted molar refractivity (Wildman–Crippen MR) is 45.5 cm³/mol. The summed E-state index contributed by atoms with van der Waals surface area (Å²) in [4.78, 5) is 0. The third-order valence-corrected chi connectivity index (χ3v) is 2.26. The quantitative estimate of drug-likeness (QED) is 0.610. The number of halogens is 2. The Labute approximate surface area is 71.0 Å². The molecule has 0 amide bonds. The van der Waals surface area contributed by atoms with Crippen LogP contribution in [0, 0.1) is 12.7 Å². The minimum atomic E-state index is -0.205. The lowest BCUT2D eigenvalue weighted by Crippen LogP contribution is -1.90. The van der Waals surface area contributed by atoms with Gasteiger partial charge in [0, 0.05) is 10.6 Å². The summed E-state index contributed by atoms with van der Waals surface area (Å²) in [6, 6.07) is 3.15. The highest BCUT2D eigenvalue weighted by Crippen LogP contribution is 2.23. The van der Waals surface area contributed by atoms with Crippen LogP contribution in [0.2, 0.25) is 5.02 Å². The molecule has 11 heavy (non-hydrogen) atoms. The second kappa shape index (κ2) is 3.22. The summed E-state index contributed by atoms with van der Waals surface area (Å²) in [5, 5.41) is 0.563. The first-order chi connectivity index (χ1) is 5.16.